The number of para-hydroxylation sites is 1. The minimum Gasteiger partial charge on any atom is -0.487 e. The maximum Gasteiger partial charge on any atom is 0.345 e. The number of hydrogen-bond acceptors (Lipinski definition) is 6. The predicted molar refractivity (Wildman–Crippen MR) is 130 cm³/mol. The van der Waals surface area contributed by atoms with Gasteiger partial charge in [0.2, 0.25) is 5.91 Å². The summed E-state index contributed by atoms with van der Waals surface area (Å²) < 4.78 is 50.5. The van der Waals surface area contributed by atoms with Crippen LogP contribution in [0.1, 0.15) is 35.6 Å². The number of ether oxygens (including phenoxy) is 2. The molecule has 0 bridgehead atoms. The molecule has 0 saturated carbocycles. The number of nitrogens with one attached hydrogen (secondary N) is 1. The zero-order valence-corrected chi connectivity index (χ0v) is 20.9. The molecule has 1 atom stereocenters. The van der Waals surface area contributed by atoms with Crippen molar-refractivity contribution in [1.82, 2.24) is 25.1 Å². The van der Waals surface area contributed by atoms with Crippen LogP contribution in [0.2, 0.25) is 5.02 Å². The first-order chi connectivity index (χ1) is 17.6. The largest absolute Gasteiger partial charge is 0.487 e. The van der Waals surface area contributed by atoms with Crippen LogP contribution in [0.25, 0.3) is 16.6 Å². The van der Waals surface area contributed by atoms with Gasteiger partial charge in [0.1, 0.15) is 42.4 Å². The zero-order chi connectivity index (χ0) is 26.7. The van der Waals surface area contributed by atoms with E-state index in [1.165, 1.54) is 6.07 Å². The van der Waals surface area contributed by atoms with Gasteiger partial charge in [0.05, 0.1) is 16.8 Å². The quantitative estimate of drug-likeness (QED) is 0.317. The Kier molecular flexibility index (Phi) is 7.94. The summed E-state index contributed by atoms with van der Waals surface area (Å²) in [6, 6.07) is 8.90. The molecule has 4 rings (SSSR count). The second kappa shape index (κ2) is 11.1. The predicted octanol–water partition coefficient (Wildman–Crippen LogP) is 5.22. The Hall–Kier alpha value is -3.70. The number of carbonyl (C=O) groups excluding carboxylic acids is 1. The van der Waals surface area contributed by atoms with E-state index in [2.05, 4.69) is 25.1 Å². The number of nitrogens with zero attached hydrogens (tertiary/aromatic N) is 4. The highest BCUT2D eigenvalue weighted by molar-refractivity contribution is 6.31. The fourth-order valence-electron chi connectivity index (χ4n) is 3.91. The van der Waals surface area contributed by atoms with Crippen molar-refractivity contribution in [2.24, 2.45) is 0 Å². The average molecular weight is 534 g/mol. The van der Waals surface area contributed by atoms with Crippen molar-refractivity contribution in [3.8, 4) is 11.4 Å². The molecular weight excluding hydrogens is 511 g/mol. The van der Waals surface area contributed by atoms with Crippen LogP contribution in [-0.4, -0.2) is 38.9 Å². The van der Waals surface area contributed by atoms with Crippen LogP contribution in [0.3, 0.4) is 0 Å². The van der Waals surface area contributed by atoms with Gasteiger partial charge in [0.25, 0.3) is 0 Å². The van der Waals surface area contributed by atoms with Crippen molar-refractivity contribution in [3.63, 3.8) is 0 Å². The molecule has 0 aliphatic carbocycles. The van der Waals surface area contributed by atoms with Crippen LogP contribution in [0.15, 0.2) is 42.7 Å². The van der Waals surface area contributed by atoms with Crippen molar-refractivity contribution in [2.75, 3.05) is 6.61 Å². The lowest BCUT2D eigenvalue weighted by molar-refractivity contribution is -0.152. The molecule has 0 aliphatic heterocycles. The van der Waals surface area contributed by atoms with Crippen LogP contribution in [0.4, 0.5) is 13.2 Å². The number of halogens is 4. The van der Waals surface area contributed by atoms with E-state index in [4.69, 9.17) is 16.3 Å². The van der Waals surface area contributed by atoms with Gasteiger partial charge in [0, 0.05) is 16.6 Å². The lowest BCUT2D eigenvalue weighted by Crippen LogP contribution is -2.31. The van der Waals surface area contributed by atoms with Crippen molar-refractivity contribution < 1.29 is 27.4 Å². The summed E-state index contributed by atoms with van der Waals surface area (Å²) in [6.07, 6.45) is 1.61. The molecule has 0 unspecified atom stereocenters. The van der Waals surface area contributed by atoms with Gasteiger partial charge in [-0.2, -0.15) is 13.9 Å². The molecule has 2 heterocycles. The fourth-order valence-corrected chi connectivity index (χ4v) is 4.18. The summed E-state index contributed by atoms with van der Waals surface area (Å²) in [7, 11) is 0. The average Bonchev–Trinajstić information content (AvgIpc) is 3.27. The van der Waals surface area contributed by atoms with Crippen LogP contribution in [0.5, 0.6) is 5.75 Å². The van der Waals surface area contributed by atoms with E-state index in [-0.39, 0.29) is 11.6 Å². The lowest BCUT2D eigenvalue weighted by atomic mass is 10.0. The Morgan fingerprint density at radius 2 is 2.00 bits per heavy atom. The molecule has 194 valence electrons. The Labute approximate surface area is 215 Å². The number of aryl methyl sites for hydroxylation is 2. The summed E-state index contributed by atoms with van der Waals surface area (Å²) in [5, 5.41) is 7.76. The number of pyridine rings is 1. The van der Waals surface area contributed by atoms with E-state index in [0.29, 0.717) is 28.2 Å². The van der Waals surface area contributed by atoms with Gasteiger partial charge < -0.3 is 14.8 Å². The smallest absolute Gasteiger partial charge is 0.345 e. The third kappa shape index (κ3) is 6.17. The Morgan fingerprint density at radius 3 is 2.70 bits per heavy atom. The van der Waals surface area contributed by atoms with Gasteiger partial charge in [0.15, 0.2) is 0 Å². The van der Waals surface area contributed by atoms with Crippen LogP contribution >= 0.6 is 11.6 Å². The normalized spacial score (nSPS) is 12.2. The van der Waals surface area contributed by atoms with E-state index in [1.54, 1.807) is 37.0 Å². The molecule has 4 aromatic rings. The standard InChI is InChI=1S/C25H23ClF3N5O3/c1-13-7-21(34-12-30-15(3)33-34)17-5-4-6-22(24(17)31-13)36-10-19-18(8-16(27)9-20(19)26)14(2)32-23(35)11-37-25(28)29/h4-9,12,14,25H,10-11H2,1-3H3,(H,32,35)/t14-/m0/s1. The Morgan fingerprint density at radius 1 is 1.22 bits per heavy atom. The highest BCUT2D eigenvalue weighted by Gasteiger charge is 2.20. The molecule has 2 aromatic carbocycles. The van der Waals surface area contributed by atoms with Crippen LogP contribution < -0.4 is 10.1 Å². The lowest BCUT2D eigenvalue weighted by Gasteiger charge is -2.20. The first-order valence-electron chi connectivity index (χ1n) is 11.2. The third-order valence-electron chi connectivity index (χ3n) is 5.51. The summed E-state index contributed by atoms with van der Waals surface area (Å²) in [5.41, 5.74) is 2.84. The SMILES string of the molecule is Cc1cc(-n2cnc(C)n2)c2cccc(OCc3c(Cl)cc(F)cc3[C@H](C)NC(=O)COC(F)F)c2n1. The van der Waals surface area contributed by atoms with Gasteiger partial charge >= 0.3 is 6.61 Å². The molecule has 1 N–H and O–H groups in total. The first kappa shape index (κ1) is 26.4. The second-order valence-corrected chi connectivity index (χ2v) is 8.68. The maximum atomic E-state index is 14.2. The number of rotatable bonds is 9. The topological polar surface area (TPSA) is 91.2 Å². The third-order valence-corrected chi connectivity index (χ3v) is 5.85. The number of hydrogen-bond donors (Lipinski definition) is 1. The first-order valence-corrected chi connectivity index (χ1v) is 11.6. The highest BCUT2D eigenvalue weighted by Crippen LogP contribution is 2.32. The van der Waals surface area contributed by atoms with E-state index in [1.807, 2.05) is 19.1 Å². The highest BCUT2D eigenvalue weighted by atomic mass is 35.5. The van der Waals surface area contributed by atoms with E-state index in [0.717, 1.165) is 22.8 Å². The van der Waals surface area contributed by atoms with Crippen molar-refractivity contribution >= 4 is 28.4 Å². The molecule has 2 aromatic heterocycles. The Balaban J connectivity index is 1.63. The molecule has 8 nitrogen and oxygen atoms in total. The van der Waals surface area contributed by atoms with Crippen molar-refractivity contribution in [1.29, 1.82) is 0 Å². The van der Waals surface area contributed by atoms with Gasteiger partial charge in [-0.15, -0.1) is 0 Å². The number of fused-ring (bicyclic) bond motifs is 1. The minimum absolute atomic E-state index is 0.0747. The molecule has 0 spiro atoms. The number of amides is 1. The van der Waals surface area contributed by atoms with Crippen molar-refractivity contribution in [2.45, 2.75) is 40.0 Å². The Bertz CT molecular complexity index is 1450. The molecule has 0 saturated heterocycles. The fraction of sp³-hybridized carbons (Fsp3) is 0.280. The monoisotopic (exact) mass is 533 g/mol. The van der Waals surface area contributed by atoms with Crippen LogP contribution in [-0.2, 0) is 16.1 Å². The molecule has 0 radical (unpaired) electrons. The van der Waals surface area contributed by atoms with E-state index < -0.39 is 31.0 Å². The molecule has 0 fully saturated rings. The number of carbonyl (C=O) groups is 1. The zero-order valence-electron chi connectivity index (χ0n) is 20.1. The van der Waals surface area contributed by atoms with Gasteiger partial charge in [-0.1, -0.05) is 23.7 Å². The molecular formula is C25H23ClF3N5O3. The summed E-state index contributed by atoms with van der Waals surface area (Å²) in [5.74, 6) is -0.336. The molecule has 0 aliphatic rings. The number of benzene rings is 2. The summed E-state index contributed by atoms with van der Waals surface area (Å²) in [4.78, 5) is 20.8. The summed E-state index contributed by atoms with van der Waals surface area (Å²) >= 11 is 6.34. The molecule has 12 heteroatoms. The van der Waals surface area contributed by atoms with Crippen LogP contribution in [0, 0.1) is 19.7 Å². The van der Waals surface area contributed by atoms with Gasteiger partial charge in [-0.25, -0.2) is 19.0 Å². The molecule has 37 heavy (non-hydrogen) atoms. The second-order valence-electron chi connectivity index (χ2n) is 8.28. The van der Waals surface area contributed by atoms with Gasteiger partial charge in [-0.3, -0.25) is 4.79 Å². The van der Waals surface area contributed by atoms with Gasteiger partial charge in [-0.05, 0) is 50.6 Å². The molecule has 1 amide bonds. The summed E-state index contributed by atoms with van der Waals surface area (Å²) in [6.45, 7) is 1.21. The number of aromatic nitrogens is 4. The van der Waals surface area contributed by atoms with E-state index in [9.17, 15) is 18.0 Å². The number of alkyl halides is 2. The minimum atomic E-state index is -3.08. The maximum absolute atomic E-state index is 14.2. The van der Waals surface area contributed by atoms with Crippen molar-refractivity contribution in [3.05, 3.63) is 76.2 Å². The van der Waals surface area contributed by atoms with E-state index >= 15 is 0 Å².